The summed E-state index contributed by atoms with van der Waals surface area (Å²) in [4.78, 5) is 14.8. The molecule has 0 radical (unpaired) electrons. The average molecular weight is 416 g/mol. The first-order valence-corrected chi connectivity index (χ1v) is 11.1. The van der Waals surface area contributed by atoms with Gasteiger partial charge in [-0.2, -0.15) is 4.31 Å². The number of hydrogen-bond acceptors (Lipinski definition) is 4. The maximum Gasteiger partial charge on any atom is 0.241 e. The standard InChI is InChI=1S/C19H29N3O3S.ClH/c1-2-3-12-26(24,25)22-11-7-10-18(22)19(23)21-13-16(17(20)14-21)15-8-5-4-6-9-15;/h4-6,8-9,16-18H,2-3,7,10-14,20H2,1H3;1H/t16-,17+,18?;/m0./s1. The van der Waals surface area contributed by atoms with E-state index < -0.39 is 16.1 Å². The summed E-state index contributed by atoms with van der Waals surface area (Å²) < 4.78 is 26.6. The molecular weight excluding hydrogens is 386 g/mol. The molecule has 27 heavy (non-hydrogen) atoms. The number of likely N-dealkylation sites (tertiary alicyclic amines) is 1. The highest BCUT2D eigenvalue weighted by Crippen LogP contribution is 2.30. The van der Waals surface area contributed by atoms with Gasteiger partial charge in [0.15, 0.2) is 0 Å². The third-order valence-electron chi connectivity index (χ3n) is 5.51. The number of benzene rings is 1. The van der Waals surface area contributed by atoms with Crippen LogP contribution in [-0.4, -0.2) is 61.0 Å². The van der Waals surface area contributed by atoms with Crippen molar-refractivity contribution in [3.63, 3.8) is 0 Å². The molecule has 2 aliphatic heterocycles. The van der Waals surface area contributed by atoms with E-state index in [1.807, 2.05) is 37.3 Å². The lowest BCUT2D eigenvalue weighted by Gasteiger charge is -2.27. The summed E-state index contributed by atoms with van der Waals surface area (Å²) >= 11 is 0. The van der Waals surface area contributed by atoms with E-state index in [-0.39, 0.29) is 36.0 Å². The molecular formula is C19H30ClN3O3S. The van der Waals surface area contributed by atoms with Crippen LogP contribution in [-0.2, 0) is 14.8 Å². The van der Waals surface area contributed by atoms with E-state index in [1.54, 1.807) is 4.90 Å². The first-order valence-electron chi connectivity index (χ1n) is 9.53. The lowest BCUT2D eigenvalue weighted by atomic mass is 9.95. The van der Waals surface area contributed by atoms with Crippen molar-refractivity contribution in [2.75, 3.05) is 25.4 Å². The second-order valence-electron chi connectivity index (χ2n) is 7.36. The number of sulfonamides is 1. The Labute approximate surface area is 168 Å². The minimum atomic E-state index is -3.37. The van der Waals surface area contributed by atoms with E-state index >= 15 is 0 Å². The fraction of sp³-hybridized carbons (Fsp3) is 0.632. The van der Waals surface area contributed by atoms with Crippen molar-refractivity contribution in [1.29, 1.82) is 0 Å². The molecule has 1 aromatic carbocycles. The van der Waals surface area contributed by atoms with Gasteiger partial charge >= 0.3 is 0 Å². The number of hydrogen-bond donors (Lipinski definition) is 1. The second kappa shape index (κ2) is 9.37. The second-order valence-corrected chi connectivity index (χ2v) is 9.40. The largest absolute Gasteiger partial charge is 0.339 e. The SMILES string of the molecule is CCCCS(=O)(=O)N1CCCC1C(=O)N1C[C@@H](N)[C@H](c2ccccc2)C1.Cl. The summed E-state index contributed by atoms with van der Waals surface area (Å²) in [5, 5.41) is 0. The van der Waals surface area contributed by atoms with Crippen molar-refractivity contribution in [1.82, 2.24) is 9.21 Å². The Morgan fingerprint density at radius 3 is 2.59 bits per heavy atom. The minimum absolute atomic E-state index is 0. The van der Waals surface area contributed by atoms with Gasteiger partial charge in [0, 0.05) is 31.6 Å². The molecule has 3 rings (SSSR count). The van der Waals surface area contributed by atoms with Crippen LogP contribution in [0, 0.1) is 0 Å². The molecule has 8 heteroatoms. The van der Waals surface area contributed by atoms with Crippen molar-refractivity contribution < 1.29 is 13.2 Å². The van der Waals surface area contributed by atoms with Gasteiger partial charge < -0.3 is 10.6 Å². The number of halogens is 1. The maximum absolute atomic E-state index is 13.1. The first kappa shape index (κ1) is 22.1. The Morgan fingerprint density at radius 2 is 1.93 bits per heavy atom. The van der Waals surface area contributed by atoms with Crippen LogP contribution in [0.3, 0.4) is 0 Å². The Bertz CT molecular complexity index is 729. The smallest absolute Gasteiger partial charge is 0.241 e. The highest BCUT2D eigenvalue weighted by atomic mass is 35.5. The van der Waals surface area contributed by atoms with Gasteiger partial charge in [0.25, 0.3) is 0 Å². The highest BCUT2D eigenvalue weighted by molar-refractivity contribution is 7.89. The topological polar surface area (TPSA) is 83.7 Å². The number of amides is 1. The Balaban J connectivity index is 0.00000261. The summed E-state index contributed by atoms with van der Waals surface area (Å²) in [5.41, 5.74) is 7.43. The van der Waals surface area contributed by atoms with E-state index in [0.717, 1.165) is 18.4 Å². The van der Waals surface area contributed by atoms with Gasteiger partial charge in [-0.15, -0.1) is 12.4 Å². The molecule has 2 aliphatic rings. The van der Waals surface area contributed by atoms with Gasteiger partial charge in [-0.3, -0.25) is 4.79 Å². The van der Waals surface area contributed by atoms with Crippen molar-refractivity contribution in [2.45, 2.75) is 50.6 Å². The van der Waals surface area contributed by atoms with Crippen LogP contribution in [0.25, 0.3) is 0 Å². The Kier molecular flexibility index (Phi) is 7.68. The number of unbranched alkanes of at least 4 members (excludes halogenated alkanes) is 1. The van der Waals surface area contributed by atoms with Crippen molar-refractivity contribution >= 4 is 28.3 Å². The average Bonchev–Trinajstić information content (AvgIpc) is 3.27. The number of carbonyl (C=O) groups excluding carboxylic acids is 1. The van der Waals surface area contributed by atoms with Gasteiger partial charge in [0.2, 0.25) is 15.9 Å². The van der Waals surface area contributed by atoms with E-state index in [4.69, 9.17) is 5.73 Å². The summed E-state index contributed by atoms with van der Waals surface area (Å²) in [7, 11) is -3.37. The zero-order valence-corrected chi connectivity index (χ0v) is 17.4. The highest BCUT2D eigenvalue weighted by Gasteiger charge is 2.43. The lowest BCUT2D eigenvalue weighted by molar-refractivity contribution is -0.133. The molecule has 2 heterocycles. The molecule has 2 N–H and O–H groups in total. The Morgan fingerprint density at radius 1 is 1.22 bits per heavy atom. The summed E-state index contributed by atoms with van der Waals surface area (Å²) in [6.45, 7) is 3.46. The predicted molar refractivity (Wildman–Crippen MR) is 109 cm³/mol. The van der Waals surface area contributed by atoms with Gasteiger partial charge in [-0.05, 0) is 24.8 Å². The van der Waals surface area contributed by atoms with E-state index in [9.17, 15) is 13.2 Å². The van der Waals surface area contributed by atoms with Crippen LogP contribution >= 0.6 is 12.4 Å². The van der Waals surface area contributed by atoms with Crippen molar-refractivity contribution in [3.05, 3.63) is 35.9 Å². The van der Waals surface area contributed by atoms with Crippen molar-refractivity contribution in [2.24, 2.45) is 5.73 Å². The van der Waals surface area contributed by atoms with Gasteiger partial charge in [0.05, 0.1) is 5.75 Å². The number of nitrogens with zero attached hydrogens (tertiary/aromatic N) is 2. The molecule has 1 aromatic rings. The molecule has 0 aliphatic carbocycles. The molecule has 0 saturated carbocycles. The summed E-state index contributed by atoms with van der Waals surface area (Å²) in [6, 6.07) is 9.32. The van der Waals surface area contributed by atoms with E-state index in [1.165, 1.54) is 4.31 Å². The fourth-order valence-corrected chi connectivity index (χ4v) is 5.92. The number of nitrogens with two attached hydrogens (primary N) is 1. The van der Waals surface area contributed by atoms with E-state index in [2.05, 4.69) is 0 Å². The molecule has 0 spiro atoms. The lowest BCUT2D eigenvalue weighted by Crippen LogP contribution is -2.48. The monoisotopic (exact) mass is 415 g/mol. The third-order valence-corrected chi connectivity index (χ3v) is 7.46. The molecule has 3 atom stereocenters. The normalized spacial score (nSPS) is 26.1. The van der Waals surface area contributed by atoms with Crippen LogP contribution in [0.2, 0.25) is 0 Å². The van der Waals surface area contributed by atoms with Crippen LogP contribution in [0.1, 0.15) is 44.1 Å². The molecule has 0 bridgehead atoms. The fourth-order valence-electron chi connectivity index (χ4n) is 4.04. The predicted octanol–water partition coefficient (Wildman–Crippen LogP) is 1.96. The molecule has 0 aromatic heterocycles. The van der Waals surface area contributed by atoms with E-state index in [0.29, 0.717) is 32.5 Å². The zero-order valence-electron chi connectivity index (χ0n) is 15.8. The molecule has 152 valence electrons. The summed E-state index contributed by atoms with van der Waals surface area (Å²) in [6.07, 6.45) is 2.80. The number of carbonyl (C=O) groups is 1. The third kappa shape index (κ3) is 4.83. The van der Waals surface area contributed by atoms with Crippen molar-refractivity contribution in [3.8, 4) is 0 Å². The molecule has 1 amide bonds. The minimum Gasteiger partial charge on any atom is -0.339 e. The molecule has 2 fully saturated rings. The van der Waals surface area contributed by atoms with Gasteiger partial charge in [-0.1, -0.05) is 43.7 Å². The van der Waals surface area contributed by atoms with Gasteiger partial charge in [-0.25, -0.2) is 8.42 Å². The first-order chi connectivity index (χ1) is 12.4. The molecule has 1 unspecified atom stereocenters. The Hall–Kier alpha value is -1.15. The number of rotatable bonds is 6. The molecule has 2 saturated heterocycles. The molecule has 6 nitrogen and oxygen atoms in total. The maximum atomic E-state index is 13.1. The quantitative estimate of drug-likeness (QED) is 0.769. The van der Waals surface area contributed by atoms with Crippen LogP contribution in [0.15, 0.2) is 30.3 Å². The zero-order chi connectivity index (χ0) is 18.7. The van der Waals surface area contributed by atoms with Crippen LogP contribution in [0.5, 0.6) is 0 Å². The van der Waals surface area contributed by atoms with Crippen LogP contribution in [0.4, 0.5) is 0 Å². The van der Waals surface area contributed by atoms with Gasteiger partial charge in [0.1, 0.15) is 6.04 Å². The summed E-state index contributed by atoms with van der Waals surface area (Å²) in [5.74, 6) is 0.141. The van der Waals surface area contributed by atoms with Crippen LogP contribution < -0.4 is 5.73 Å².